The molecule has 9 heteroatoms. The van der Waals surface area contributed by atoms with Crippen molar-refractivity contribution in [2.24, 2.45) is 5.92 Å². The molecule has 3 aliphatic heterocycles. The highest BCUT2D eigenvalue weighted by Crippen LogP contribution is 2.55. The first-order valence-corrected chi connectivity index (χ1v) is 10.7. The maximum Gasteiger partial charge on any atom is 0.354 e. The van der Waals surface area contributed by atoms with E-state index in [2.05, 4.69) is 9.88 Å². The lowest BCUT2D eigenvalue weighted by Gasteiger charge is -2.44. The minimum atomic E-state index is -1.07. The fraction of sp³-hybridized carbons (Fsp3) is 0.500. The predicted octanol–water partition coefficient (Wildman–Crippen LogP) is 1.95. The van der Waals surface area contributed by atoms with Gasteiger partial charge in [-0.1, -0.05) is 18.7 Å². The summed E-state index contributed by atoms with van der Waals surface area (Å²) >= 11 is 2.96. The molecule has 2 saturated heterocycles. The van der Waals surface area contributed by atoms with Crippen LogP contribution in [0.1, 0.15) is 19.8 Å². The van der Waals surface area contributed by atoms with E-state index in [-0.39, 0.29) is 22.2 Å². The summed E-state index contributed by atoms with van der Waals surface area (Å²) in [4.78, 5) is 31.9. The number of fused-ring (bicyclic) bond motifs is 1. The Kier molecular flexibility index (Phi) is 5.09. The summed E-state index contributed by atoms with van der Waals surface area (Å²) in [6, 6.07) is 3.95. The van der Waals surface area contributed by atoms with Crippen LogP contribution in [0.3, 0.4) is 0 Å². The number of hydrogen-bond acceptors (Lipinski definition) is 7. The van der Waals surface area contributed by atoms with Crippen LogP contribution in [0.25, 0.3) is 0 Å². The van der Waals surface area contributed by atoms with E-state index >= 15 is 0 Å². The van der Waals surface area contributed by atoms with Crippen molar-refractivity contribution in [3.8, 4) is 0 Å². The fourth-order valence-electron chi connectivity index (χ4n) is 3.76. The molecule has 1 aromatic heterocycles. The Morgan fingerprint density at radius 1 is 1.44 bits per heavy atom. The molecule has 1 aromatic rings. The van der Waals surface area contributed by atoms with Crippen molar-refractivity contribution >= 4 is 41.1 Å². The molecule has 4 rings (SSSR count). The average Bonchev–Trinajstić information content (AvgIpc) is 3.25. The van der Waals surface area contributed by atoms with Crippen LogP contribution in [0, 0.1) is 5.92 Å². The molecule has 1 unspecified atom stereocenters. The van der Waals surface area contributed by atoms with E-state index in [1.807, 2.05) is 19.1 Å². The number of carbonyl (C=O) groups is 2. The molecule has 2 N–H and O–H groups in total. The van der Waals surface area contributed by atoms with Gasteiger partial charge in [-0.3, -0.25) is 14.7 Å². The summed E-state index contributed by atoms with van der Waals surface area (Å²) in [7, 11) is 0. The van der Waals surface area contributed by atoms with Gasteiger partial charge >= 0.3 is 5.97 Å². The summed E-state index contributed by atoms with van der Waals surface area (Å²) < 4.78 is 0.688. The van der Waals surface area contributed by atoms with E-state index in [0.717, 1.165) is 25.2 Å². The van der Waals surface area contributed by atoms with E-state index in [4.69, 9.17) is 0 Å². The standard InChI is InChI=1S/C18H21N3O4S2/c1-2-12(22)13-15(23)21-14(17(24)25)18(27-16(13)21)26-11-5-8-20(9-11)10-3-6-19-7-4-10/h3-4,6-7,11-13,16,22H,2,5,8-9H2,1H3,(H,24,25)/t11?,12-,13+,16+/m0/s1. The molecule has 3 aliphatic rings. The normalized spacial score (nSPS) is 28.4. The number of aromatic nitrogens is 1. The smallest absolute Gasteiger partial charge is 0.354 e. The topological polar surface area (TPSA) is 94.0 Å². The average molecular weight is 408 g/mol. The lowest BCUT2D eigenvalue weighted by Crippen LogP contribution is -2.61. The van der Waals surface area contributed by atoms with Crippen LogP contribution in [0.5, 0.6) is 0 Å². The molecule has 0 bridgehead atoms. The molecule has 0 saturated carbocycles. The first-order chi connectivity index (χ1) is 13.0. The van der Waals surface area contributed by atoms with Crippen LogP contribution in [0.2, 0.25) is 0 Å². The summed E-state index contributed by atoms with van der Waals surface area (Å²) in [5.74, 6) is -1.86. The number of hydrogen-bond donors (Lipinski definition) is 2. The lowest BCUT2D eigenvalue weighted by atomic mass is 9.90. The molecule has 0 spiro atoms. The summed E-state index contributed by atoms with van der Waals surface area (Å²) in [6.45, 7) is 3.56. The zero-order chi connectivity index (χ0) is 19.1. The van der Waals surface area contributed by atoms with E-state index in [9.17, 15) is 19.8 Å². The van der Waals surface area contributed by atoms with Gasteiger partial charge in [-0.25, -0.2) is 4.79 Å². The third-order valence-electron chi connectivity index (χ3n) is 5.23. The van der Waals surface area contributed by atoms with Crippen molar-refractivity contribution in [2.45, 2.75) is 36.5 Å². The number of thioether (sulfide) groups is 2. The van der Waals surface area contributed by atoms with Gasteiger partial charge in [0, 0.05) is 36.4 Å². The molecule has 2 fully saturated rings. The van der Waals surface area contributed by atoms with Crippen molar-refractivity contribution in [1.29, 1.82) is 0 Å². The Morgan fingerprint density at radius 2 is 2.19 bits per heavy atom. The number of nitrogens with zero attached hydrogens (tertiary/aromatic N) is 3. The molecule has 0 radical (unpaired) electrons. The largest absolute Gasteiger partial charge is 0.477 e. The summed E-state index contributed by atoms with van der Waals surface area (Å²) in [6.07, 6.45) is 4.24. The van der Waals surface area contributed by atoms with Gasteiger partial charge in [0.15, 0.2) is 5.70 Å². The van der Waals surface area contributed by atoms with E-state index in [1.54, 1.807) is 24.2 Å². The Morgan fingerprint density at radius 3 is 2.85 bits per heavy atom. The van der Waals surface area contributed by atoms with E-state index in [0.29, 0.717) is 10.7 Å². The molecule has 7 nitrogen and oxygen atoms in total. The highest BCUT2D eigenvalue weighted by atomic mass is 32.2. The second-order valence-corrected chi connectivity index (χ2v) is 9.54. The molecule has 1 amide bonds. The molecule has 27 heavy (non-hydrogen) atoms. The number of carboxylic acid groups (broad SMARTS) is 1. The van der Waals surface area contributed by atoms with Gasteiger partial charge in [0.2, 0.25) is 5.91 Å². The van der Waals surface area contributed by atoms with Gasteiger partial charge in [0.1, 0.15) is 5.37 Å². The van der Waals surface area contributed by atoms with Crippen LogP contribution in [-0.2, 0) is 9.59 Å². The molecule has 144 valence electrons. The quantitative estimate of drug-likeness (QED) is 0.691. The van der Waals surface area contributed by atoms with Gasteiger partial charge in [-0.2, -0.15) is 0 Å². The lowest BCUT2D eigenvalue weighted by molar-refractivity contribution is -0.157. The second kappa shape index (κ2) is 7.37. The first-order valence-electron chi connectivity index (χ1n) is 8.98. The summed E-state index contributed by atoms with van der Waals surface area (Å²) in [5.41, 5.74) is 1.20. The van der Waals surface area contributed by atoms with Crippen molar-refractivity contribution in [2.75, 3.05) is 18.0 Å². The zero-order valence-corrected chi connectivity index (χ0v) is 16.4. The van der Waals surface area contributed by atoms with Crippen LogP contribution in [0.15, 0.2) is 34.5 Å². The van der Waals surface area contributed by atoms with Gasteiger partial charge in [-0.05, 0) is 25.0 Å². The maximum absolute atomic E-state index is 12.4. The zero-order valence-electron chi connectivity index (χ0n) is 14.8. The number of anilines is 1. The number of aliphatic hydroxyl groups excluding tert-OH is 1. The van der Waals surface area contributed by atoms with Crippen molar-refractivity contribution in [3.05, 3.63) is 34.5 Å². The number of aliphatic carboxylic acids is 1. The molecular formula is C18H21N3O4S2. The monoisotopic (exact) mass is 407 g/mol. The van der Waals surface area contributed by atoms with Crippen molar-refractivity contribution in [1.82, 2.24) is 9.88 Å². The first kappa shape index (κ1) is 18.6. The Hall–Kier alpha value is -1.71. The van der Waals surface area contributed by atoms with Crippen LogP contribution in [0.4, 0.5) is 5.69 Å². The Balaban J connectivity index is 1.47. The third-order valence-corrected chi connectivity index (χ3v) is 8.08. The number of amides is 1. The fourth-order valence-corrected chi connectivity index (χ4v) is 7.04. The number of carboxylic acids is 1. The maximum atomic E-state index is 12.4. The van der Waals surface area contributed by atoms with Crippen molar-refractivity contribution < 1.29 is 19.8 Å². The highest BCUT2D eigenvalue weighted by molar-refractivity contribution is 8.23. The van der Waals surface area contributed by atoms with Crippen LogP contribution in [-0.4, -0.2) is 61.8 Å². The molecule has 4 atom stereocenters. The number of pyridine rings is 1. The van der Waals surface area contributed by atoms with E-state index in [1.165, 1.54) is 16.7 Å². The predicted molar refractivity (Wildman–Crippen MR) is 105 cm³/mol. The number of aliphatic hydroxyl groups is 1. The molecule has 0 aromatic carbocycles. The highest BCUT2D eigenvalue weighted by Gasteiger charge is 2.58. The van der Waals surface area contributed by atoms with E-state index < -0.39 is 18.0 Å². The van der Waals surface area contributed by atoms with Crippen LogP contribution < -0.4 is 4.90 Å². The van der Waals surface area contributed by atoms with Gasteiger partial charge in [0.25, 0.3) is 0 Å². The third kappa shape index (κ3) is 3.21. The number of carbonyl (C=O) groups excluding carboxylic acids is 1. The Bertz CT molecular complexity index is 788. The van der Waals surface area contributed by atoms with Gasteiger partial charge in [-0.15, -0.1) is 11.8 Å². The Labute approximate surface area is 165 Å². The number of rotatable bonds is 6. The molecular weight excluding hydrogens is 386 g/mol. The minimum Gasteiger partial charge on any atom is -0.477 e. The SMILES string of the molecule is CC[C@H](O)[C@@H]1C(=O)N2C(C(=O)O)=C(SC3CCN(c4ccncc4)C3)S[C@H]12. The number of β-lactam (4-membered cyclic amide) rings is 1. The van der Waals surface area contributed by atoms with Crippen LogP contribution >= 0.6 is 23.5 Å². The van der Waals surface area contributed by atoms with Gasteiger partial charge < -0.3 is 15.1 Å². The van der Waals surface area contributed by atoms with Gasteiger partial charge in [0.05, 0.1) is 16.3 Å². The molecule has 4 heterocycles. The van der Waals surface area contributed by atoms with Crippen molar-refractivity contribution in [3.63, 3.8) is 0 Å². The molecule has 0 aliphatic carbocycles. The minimum absolute atomic E-state index is 0.0851. The summed E-state index contributed by atoms with van der Waals surface area (Å²) in [5, 5.41) is 19.7. The second-order valence-electron chi connectivity index (χ2n) is 6.84.